The van der Waals surface area contributed by atoms with E-state index in [9.17, 15) is 0 Å². The molecule has 0 spiro atoms. The van der Waals surface area contributed by atoms with E-state index in [-0.39, 0.29) is 11.5 Å². The summed E-state index contributed by atoms with van der Waals surface area (Å²) in [7, 11) is 0. The molecule has 2 fully saturated rings. The Balaban J connectivity index is 1.68. The van der Waals surface area contributed by atoms with Crippen molar-refractivity contribution in [2.45, 2.75) is 50.0 Å². The number of nitrogens with zero attached hydrogens (tertiary/aromatic N) is 2. The largest absolute Gasteiger partial charge is 0.327 e. The standard InChI is InChI=1S/C17H20BrN3/c1-11(19)17(8-9-17)13-4-6-14(7-5-13)21-16(12-2-3-12)15(18)10-20-21/h4-7,10-12H,2-3,8-9,19H2,1H3. The van der Waals surface area contributed by atoms with Crippen molar-refractivity contribution in [3.05, 3.63) is 46.2 Å². The summed E-state index contributed by atoms with van der Waals surface area (Å²) in [5, 5.41) is 4.53. The van der Waals surface area contributed by atoms with Gasteiger partial charge in [0.1, 0.15) is 0 Å². The van der Waals surface area contributed by atoms with Crippen LogP contribution in [0.3, 0.4) is 0 Å². The number of hydrogen-bond donors (Lipinski definition) is 1. The molecule has 1 unspecified atom stereocenters. The van der Waals surface area contributed by atoms with Crippen molar-refractivity contribution >= 4 is 15.9 Å². The van der Waals surface area contributed by atoms with E-state index in [2.05, 4.69) is 56.9 Å². The molecule has 1 heterocycles. The molecule has 0 aliphatic heterocycles. The molecule has 2 aliphatic carbocycles. The summed E-state index contributed by atoms with van der Waals surface area (Å²) in [4.78, 5) is 0. The summed E-state index contributed by atoms with van der Waals surface area (Å²) in [6.45, 7) is 2.12. The van der Waals surface area contributed by atoms with Crippen LogP contribution in [0.2, 0.25) is 0 Å². The Labute approximate surface area is 133 Å². The minimum atomic E-state index is 0.225. The number of aromatic nitrogens is 2. The highest BCUT2D eigenvalue weighted by atomic mass is 79.9. The molecule has 2 aliphatic rings. The van der Waals surface area contributed by atoms with Gasteiger partial charge in [-0.25, -0.2) is 4.68 Å². The summed E-state index contributed by atoms with van der Waals surface area (Å²) in [6, 6.07) is 9.06. The first-order chi connectivity index (χ1) is 10.1. The van der Waals surface area contributed by atoms with Crippen LogP contribution in [0, 0.1) is 0 Å². The highest BCUT2D eigenvalue weighted by Crippen LogP contribution is 2.50. The van der Waals surface area contributed by atoms with Crippen molar-refractivity contribution in [3.63, 3.8) is 0 Å². The lowest BCUT2D eigenvalue weighted by molar-refractivity contribution is 0.556. The molecule has 2 N–H and O–H groups in total. The van der Waals surface area contributed by atoms with Gasteiger partial charge in [-0.3, -0.25) is 0 Å². The molecular weight excluding hydrogens is 326 g/mol. The number of benzene rings is 1. The van der Waals surface area contributed by atoms with Gasteiger partial charge in [0.05, 0.1) is 22.1 Å². The van der Waals surface area contributed by atoms with Crippen molar-refractivity contribution in [3.8, 4) is 5.69 Å². The third-order valence-corrected chi connectivity index (χ3v) is 5.68. The van der Waals surface area contributed by atoms with Gasteiger partial charge in [-0.05, 0) is 66.2 Å². The smallest absolute Gasteiger partial charge is 0.0649 e. The summed E-state index contributed by atoms with van der Waals surface area (Å²) in [5.74, 6) is 0.667. The van der Waals surface area contributed by atoms with Gasteiger partial charge in [-0.15, -0.1) is 0 Å². The average molecular weight is 346 g/mol. The zero-order valence-corrected chi connectivity index (χ0v) is 13.8. The second-order valence-corrected chi connectivity index (χ2v) is 7.41. The van der Waals surface area contributed by atoms with Crippen molar-refractivity contribution in [2.24, 2.45) is 5.73 Å². The molecule has 0 bridgehead atoms. The number of halogens is 1. The molecule has 21 heavy (non-hydrogen) atoms. The third kappa shape index (κ3) is 2.16. The minimum absolute atomic E-state index is 0.225. The molecule has 2 aromatic rings. The topological polar surface area (TPSA) is 43.8 Å². The molecule has 0 radical (unpaired) electrons. The maximum absolute atomic E-state index is 6.17. The maximum Gasteiger partial charge on any atom is 0.0649 e. The normalized spacial score (nSPS) is 21.3. The van der Waals surface area contributed by atoms with E-state index in [1.807, 2.05) is 6.20 Å². The van der Waals surface area contributed by atoms with E-state index in [0.717, 1.165) is 10.2 Å². The van der Waals surface area contributed by atoms with Crippen molar-refractivity contribution in [1.29, 1.82) is 0 Å². The van der Waals surface area contributed by atoms with Crippen molar-refractivity contribution < 1.29 is 0 Å². The van der Waals surface area contributed by atoms with Gasteiger partial charge >= 0.3 is 0 Å². The fraction of sp³-hybridized carbons (Fsp3) is 0.471. The lowest BCUT2D eigenvalue weighted by atomic mass is 9.89. The average Bonchev–Trinajstić information content (AvgIpc) is 3.38. The van der Waals surface area contributed by atoms with Crippen LogP contribution < -0.4 is 5.73 Å². The van der Waals surface area contributed by atoms with Gasteiger partial charge < -0.3 is 5.73 Å². The van der Waals surface area contributed by atoms with Gasteiger partial charge in [-0.1, -0.05) is 12.1 Å². The summed E-state index contributed by atoms with van der Waals surface area (Å²) < 4.78 is 3.21. The molecule has 1 aromatic heterocycles. The predicted octanol–water partition coefficient (Wildman–Crippen LogP) is 3.89. The van der Waals surface area contributed by atoms with Crippen LogP contribution in [0.15, 0.2) is 34.9 Å². The Morgan fingerprint density at radius 2 is 1.95 bits per heavy atom. The monoisotopic (exact) mass is 345 g/mol. The fourth-order valence-electron chi connectivity index (χ4n) is 3.34. The molecule has 2 saturated carbocycles. The predicted molar refractivity (Wildman–Crippen MR) is 87.8 cm³/mol. The van der Waals surface area contributed by atoms with E-state index in [4.69, 9.17) is 5.73 Å². The van der Waals surface area contributed by atoms with Crippen LogP contribution >= 0.6 is 15.9 Å². The van der Waals surface area contributed by atoms with Gasteiger partial charge in [0.2, 0.25) is 0 Å². The molecule has 0 amide bonds. The second-order valence-electron chi connectivity index (χ2n) is 6.56. The van der Waals surface area contributed by atoms with E-state index < -0.39 is 0 Å². The maximum atomic E-state index is 6.17. The third-order valence-electron chi connectivity index (χ3n) is 5.07. The zero-order valence-electron chi connectivity index (χ0n) is 12.2. The number of nitrogens with two attached hydrogens (primary N) is 1. The first-order valence-electron chi connectivity index (χ1n) is 7.72. The van der Waals surface area contributed by atoms with Crippen LogP contribution in [-0.2, 0) is 5.41 Å². The van der Waals surface area contributed by atoms with Crippen LogP contribution in [0.4, 0.5) is 0 Å². The summed E-state index contributed by atoms with van der Waals surface area (Å²) >= 11 is 3.63. The molecule has 3 nitrogen and oxygen atoms in total. The summed E-state index contributed by atoms with van der Waals surface area (Å²) in [6.07, 6.45) is 6.88. The Bertz CT molecular complexity index is 664. The fourth-order valence-corrected chi connectivity index (χ4v) is 3.93. The Kier molecular flexibility index (Phi) is 3.02. The molecule has 110 valence electrons. The second kappa shape index (κ2) is 4.68. The van der Waals surface area contributed by atoms with Gasteiger partial charge in [0.25, 0.3) is 0 Å². The molecule has 4 heteroatoms. The van der Waals surface area contributed by atoms with Crippen LogP contribution in [0.25, 0.3) is 5.69 Å². The van der Waals surface area contributed by atoms with Gasteiger partial charge in [0.15, 0.2) is 0 Å². The lowest BCUT2D eigenvalue weighted by Crippen LogP contribution is -2.31. The molecule has 4 rings (SSSR count). The van der Waals surface area contributed by atoms with Gasteiger partial charge in [0, 0.05) is 17.4 Å². The highest BCUT2D eigenvalue weighted by molar-refractivity contribution is 9.10. The van der Waals surface area contributed by atoms with Crippen LogP contribution in [0.5, 0.6) is 0 Å². The van der Waals surface area contributed by atoms with E-state index >= 15 is 0 Å². The van der Waals surface area contributed by atoms with Gasteiger partial charge in [-0.2, -0.15) is 5.10 Å². The zero-order chi connectivity index (χ0) is 14.6. The SMILES string of the molecule is CC(N)C1(c2ccc(-n3ncc(Br)c3C3CC3)cc2)CC1. The van der Waals surface area contributed by atoms with Crippen LogP contribution in [-0.4, -0.2) is 15.8 Å². The quantitative estimate of drug-likeness (QED) is 0.913. The Morgan fingerprint density at radius 3 is 2.48 bits per heavy atom. The number of rotatable bonds is 4. The molecular formula is C17H20BrN3. The number of hydrogen-bond acceptors (Lipinski definition) is 2. The first kappa shape index (κ1) is 13.5. The van der Waals surface area contributed by atoms with Crippen LogP contribution in [0.1, 0.15) is 49.8 Å². The van der Waals surface area contributed by atoms with Crippen molar-refractivity contribution in [2.75, 3.05) is 0 Å². The lowest BCUT2D eigenvalue weighted by Gasteiger charge is -2.20. The summed E-state index contributed by atoms with van der Waals surface area (Å²) in [5.41, 5.74) is 10.2. The highest BCUT2D eigenvalue weighted by Gasteiger charge is 2.47. The Hall–Kier alpha value is -1.13. The molecule has 1 atom stereocenters. The first-order valence-corrected chi connectivity index (χ1v) is 8.51. The van der Waals surface area contributed by atoms with Crippen molar-refractivity contribution in [1.82, 2.24) is 9.78 Å². The Morgan fingerprint density at radius 1 is 1.29 bits per heavy atom. The van der Waals surface area contributed by atoms with E-state index in [1.165, 1.54) is 36.9 Å². The van der Waals surface area contributed by atoms with E-state index in [0.29, 0.717) is 5.92 Å². The molecule has 0 saturated heterocycles. The molecule has 1 aromatic carbocycles. The van der Waals surface area contributed by atoms with E-state index in [1.54, 1.807) is 0 Å². The minimum Gasteiger partial charge on any atom is -0.327 e.